The number of rotatable bonds is 0. The molecule has 3 aliphatic carbocycles. The molecule has 0 amide bonds. The van der Waals surface area contributed by atoms with E-state index in [1.165, 1.54) is 32.1 Å². The summed E-state index contributed by atoms with van der Waals surface area (Å²) in [6.45, 7) is 0. The van der Waals surface area contributed by atoms with Crippen LogP contribution in [-0.4, -0.2) is 22.4 Å². The molecule has 2 nitrogen and oxygen atoms in total. The van der Waals surface area contributed by atoms with E-state index in [-0.39, 0.29) is 0 Å². The van der Waals surface area contributed by atoms with Gasteiger partial charge in [0.1, 0.15) is 0 Å². The Bertz CT molecular complexity index is 249. The second kappa shape index (κ2) is 4.30. The molecule has 16 heavy (non-hydrogen) atoms. The Labute approximate surface area is 98.1 Å². The summed E-state index contributed by atoms with van der Waals surface area (Å²) in [5.74, 6) is 2.94. The van der Waals surface area contributed by atoms with Crippen molar-refractivity contribution in [3.05, 3.63) is 0 Å². The Hall–Kier alpha value is -0.0800. The van der Waals surface area contributed by atoms with Crippen LogP contribution in [0.5, 0.6) is 0 Å². The molecule has 6 unspecified atom stereocenters. The number of hydrogen-bond acceptors (Lipinski definition) is 2. The SMILES string of the molecule is OC1CCC2C3CCCCC3CCC2C1O. The molecule has 3 rings (SSSR count). The fourth-order valence-electron chi connectivity index (χ4n) is 4.77. The Balaban J connectivity index is 1.76. The van der Waals surface area contributed by atoms with Gasteiger partial charge in [-0.15, -0.1) is 0 Å². The van der Waals surface area contributed by atoms with Gasteiger partial charge in [0.05, 0.1) is 12.2 Å². The average Bonchev–Trinajstić information content (AvgIpc) is 2.33. The van der Waals surface area contributed by atoms with Gasteiger partial charge >= 0.3 is 0 Å². The first-order valence-corrected chi connectivity index (χ1v) is 7.13. The maximum absolute atomic E-state index is 10.1. The van der Waals surface area contributed by atoms with Crippen molar-refractivity contribution in [1.82, 2.24) is 0 Å². The van der Waals surface area contributed by atoms with Crippen LogP contribution in [0.15, 0.2) is 0 Å². The molecule has 3 saturated carbocycles. The molecule has 0 aliphatic heterocycles. The number of aliphatic hydroxyl groups is 2. The maximum atomic E-state index is 10.1. The topological polar surface area (TPSA) is 40.5 Å². The summed E-state index contributed by atoms with van der Waals surface area (Å²) in [4.78, 5) is 0. The van der Waals surface area contributed by atoms with Gasteiger partial charge < -0.3 is 10.2 Å². The molecule has 92 valence electrons. The van der Waals surface area contributed by atoms with Gasteiger partial charge in [0.25, 0.3) is 0 Å². The van der Waals surface area contributed by atoms with Gasteiger partial charge in [-0.3, -0.25) is 0 Å². The van der Waals surface area contributed by atoms with Crippen molar-refractivity contribution in [2.24, 2.45) is 23.7 Å². The molecule has 0 aromatic heterocycles. The van der Waals surface area contributed by atoms with Crippen molar-refractivity contribution in [2.75, 3.05) is 0 Å². The van der Waals surface area contributed by atoms with Gasteiger partial charge in [0, 0.05) is 0 Å². The minimum atomic E-state index is -0.443. The smallest absolute Gasteiger partial charge is 0.0829 e. The highest BCUT2D eigenvalue weighted by Gasteiger charge is 2.46. The van der Waals surface area contributed by atoms with Crippen LogP contribution >= 0.6 is 0 Å². The van der Waals surface area contributed by atoms with Gasteiger partial charge in [0.15, 0.2) is 0 Å². The molecule has 0 bridgehead atoms. The molecule has 0 saturated heterocycles. The van der Waals surface area contributed by atoms with E-state index in [0.717, 1.165) is 37.0 Å². The summed E-state index contributed by atoms with van der Waals surface area (Å²) in [6, 6.07) is 0. The van der Waals surface area contributed by atoms with Crippen LogP contribution in [0.25, 0.3) is 0 Å². The summed E-state index contributed by atoms with van der Waals surface area (Å²) in [5.41, 5.74) is 0. The zero-order chi connectivity index (χ0) is 11.1. The molecular formula is C14H24O2. The van der Waals surface area contributed by atoms with Gasteiger partial charge in [0.2, 0.25) is 0 Å². The van der Waals surface area contributed by atoms with Crippen LogP contribution in [0.4, 0.5) is 0 Å². The highest BCUT2D eigenvalue weighted by Crippen LogP contribution is 2.51. The maximum Gasteiger partial charge on any atom is 0.0829 e. The lowest BCUT2D eigenvalue weighted by Crippen LogP contribution is -2.49. The Morgan fingerprint density at radius 2 is 1.38 bits per heavy atom. The standard InChI is InChI=1S/C14H24O2/c15-13-8-7-11-10-4-2-1-3-9(10)5-6-12(11)14(13)16/h9-16H,1-8H2. The first kappa shape index (κ1) is 11.0. The fraction of sp³-hybridized carbons (Fsp3) is 1.00. The van der Waals surface area contributed by atoms with Crippen LogP contribution in [-0.2, 0) is 0 Å². The van der Waals surface area contributed by atoms with E-state index >= 15 is 0 Å². The van der Waals surface area contributed by atoms with E-state index in [0.29, 0.717) is 5.92 Å². The second-order valence-corrected chi connectivity index (χ2v) is 6.25. The van der Waals surface area contributed by atoms with E-state index in [4.69, 9.17) is 0 Å². The first-order valence-electron chi connectivity index (χ1n) is 7.13. The normalized spacial score (nSPS) is 52.9. The summed E-state index contributed by atoms with van der Waals surface area (Å²) in [7, 11) is 0. The van der Waals surface area contributed by atoms with Crippen molar-refractivity contribution in [3.63, 3.8) is 0 Å². The lowest BCUT2D eigenvalue weighted by Gasteiger charge is -2.50. The molecule has 3 aliphatic rings. The van der Waals surface area contributed by atoms with Crippen molar-refractivity contribution < 1.29 is 10.2 Å². The predicted octanol–water partition coefficient (Wildman–Crippen LogP) is 2.33. The lowest BCUT2D eigenvalue weighted by atomic mass is 9.57. The molecule has 0 aromatic carbocycles. The van der Waals surface area contributed by atoms with Crippen LogP contribution < -0.4 is 0 Å². The lowest BCUT2D eigenvalue weighted by molar-refractivity contribution is -0.108. The van der Waals surface area contributed by atoms with Crippen LogP contribution in [0.3, 0.4) is 0 Å². The van der Waals surface area contributed by atoms with Crippen molar-refractivity contribution in [2.45, 2.75) is 63.6 Å². The molecule has 2 N–H and O–H groups in total. The monoisotopic (exact) mass is 224 g/mol. The molecule has 0 heterocycles. The van der Waals surface area contributed by atoms with Gasteiger partial charge in [-0.1, -0.05) is 19.3 Å². The number of aliphatic hydroxyl groups excluding tert-OH is 2. The minimum Gasteiger partial charge on any atom is -0.390 e. The fourth-order valence-corrected chi connectivity index (χ4v) is 4.77. The third-order valence-electron chi connectivity index (χ3n) is 5.57. The van der Waals surface area contributed by atoms with Gasteiger partial charge in [-0.2, -0.15) is 0 Å². The Morgan fingerprint density at radius 3 is 2.25 bits per heavy atom. The molecule has 6 atom stereocenters. The Kier molecular flexibility index (Phi) is 2.97. The van der Waals surface area contributed by atoms with E-state index in [9.17, 15) is 10.2 Å². The molecule has 0 aromatic rings. The van der Waals surface area contributed by atoms with Crippen LogP contribution in [0.2, 0.25) is 0 Å². The molecule has 2 heteroatoms. The van der Waals surface area contributed by atoms with Crippen LogP contribution in [0, 0.1) is 23.7 Å². The molecule has 0 spiro atoms. The van der Waals surface area contributed by atoms with E-state index in [1.807, 2.05) is 0 Å². The van der Waals surface area contributed by atoms with Crippen molar-refractivity contribution in [1.29, 1.82) is 0 Å². The number of fused-ring (bicyclic) bond motifs is 3. The average molecular weight is 224 g/mol. The molecular weight excluding hydrogens is 200 g/mol. The zero-order valence-electron chi connectivity index (χ0n) is 10.0. The quantitative estimate of drug-likeness (QED) is 0.663. The van der Waals surface area contributed by atoms with Crippen molar-refractivity contribution >= 4 is 0 Å². The minimum absolute atomic E-state index is 0.406. The van der Waals surface area contributed by atoms with E-state index in [1.54, 1.807) is 0 Å². The third kappa shape index (κ3) is 1.70. The second-order valence-electron chi connectivity index (χ2n) is 6.25. The van der Waals surface area contributed by atoms with E-state index < -0.39 is 12.2 Å². The Morgan fingerprint density at radius 1 is 0.625 bits per heavy atom. The molecule has 3 fully saturated rings. The summed E-state index contributed by atoms with van der Waals surface area (Å²) in [6.07, 6.45) is 9.19. The highest BCUT2D eigenvalue weighted by molar-refractivity contribution is 4.96. The van der Waals surface area contributed by atoms with Crippen LogP contribution in [0.1, 0.15) is 51.4 Å². The van der Waals surface area contributed by atoms with E-state index in [2.05, 4.69) is 0 Å². The summed E-state index contributed by atoms with van der Waals surface area (Å²) < 4.78 is 0. The van der Waals surface area contributed by atoms with Gasteiger partial charge in [-0.25, -0.2) is 0 Å². The third-order valence-corrected chi connectivity index (χ3v) is 5.57. The van der Waals surface area contributed by atoms with Crippen molar-refractivity contribution in [3.8, 4) is 0 Å². The van der Waals surface area contributed by atoms with Gasteiger partial charge in [-0.05, 0) is 55.8 Å². The number of hydrogen-bond donors (Lipinski definition) is 2. The summed E-state index contributed by atoms with van der Waals surface area (Å²) >= 11 is 0. The zero-order valence-corrected chi connectivity index (χ0v) is 10.0. The molecule has 0 radical (unpaired) electrons. The first-order chi connectivity index (χ1) is 7.77. The summed E-state index contributed by atoms with van der Waals surface area (Å²) in [5, 5.41) is 19.9. The predicted molar refractivity (Wildman–Crippen MR) is 62.9 cm³/mol. The highest BCUT2D eigenvalue weighted by atomic mass is 16.3. The largest absolute Gasteiger partial charge is 0.390 e.